The van der Waals surface area contributed by atoms with Crippen molar-refractivity contribution in [3.8, 4) is 0 Å². The third-order valence-electron chi connectivity index (χ3n) is 13.9. The molecule has 0 aromatic rings. The van der Waals surface area contributed by atoms with Crippen LogP contribution in [0.3, 0.4) is 0 Å². The molecule has 5 heteroatoms. The topological polar surface area (TPSA) is 69.7 Å². The van der Waals surface area contributed by atoms with E-state index in [0.29, 0.717) is 24.0 Å². The molecule has 0 unspecified atom stereocenters. The van der Waals surface area contributed by atoms with Gasteiger partial charge in [0.2, 0.25) is 0 Å². The zero-order valence-corrected chi connectivity index (χ0v) is 25.5. The molecule has 0 amide bonds. The van der Waals surface area contributed by atoms with Gasteiger partial charge >= 0.3 is 11.9 Å². The Hall–Kier alpha value is -1.39. The van der Waals surface area contributed by atoms with Crippen LogP contribution in [-0.2, 0) is 23.9 Å². The van der Waals surface area contributed by atoms with Gasteiger partial charge in [-0.1, -0.05) is 48.5 Å². The minimum absolute atomic E-state index is 0.0273. The molecule has 0 aromatic heterocycles. The number of carbonyl (C=O) groups is 3. The Kier molecular flexibility index (Phi) is 6.34. The molecule has 0 bridgehead atoms. The molecule has 5 rings (SSSR count). The molecular weight excluding hydrogens is 476 g/mol. The summed E-state index contributed by atoms with van der Waals surface area (Å²) >= 11 is 0. The second-order valence-electron chi connectivity index (χ2n) is 16.2. The van der Waals surface area contributed by atoms with E-state index in [-0.39, 0.29) is 57.0 Å². The summed E-state index contributed by atoms with van der Waals surface area (Å²) in [5.41, 5.74) is -0.585. The molecule has 0 radical (unpaired) electrons. The van der Waals surface area contributed by atoms with E-state index in [9.17, 15) is 14.4 Å². The SMILES string of the molecule is COC(=O)[C@]12CCC(C)(C)C[C@@H]1[C@H]1C(=O)C[C@@H]3[C@@]4(C)CC[C@H](OC(C)=O)C(C)(C)[C@@H]4CC[C@@]3(C)[C@]1(C)CC2. The molecule has 0 spiro atoms. The quantitative estimate of drug-likeness (QED) is 0.356. The second-order valence-corrected chi connectivity index (χ2v) is 16.2. The molecule has 38 heavy (non-hydrogen) atoms. The van der Waals surface area contributed by atoms with E-state index in [1.165, 1.54) is 14.0 Å². The monoisotopic (exact) mass is 528 g/mol. The third kappa shape index (κ3) is 3.57. The molecule has 0 aromatic carbocycles. The van der Waals surface area contributed by atoms with E-state index < -0.39 is 5.41 Å². The average Bonchev–Trinajstić information content (AvgIpc) is 2.81. The van der Waals surface area contributed by atoms with Crippen LogP contribution >= 0.6 is 0 Å². The third-order valence-corrected chi connectivity index (χ3v) is 13.9. The fourth-order valence-electron chi connectivity index (χ4n) is 11.7. The molecule has 0 heterocycles. The molecule has 5 aliphatic carbocycles. The van der Waals surface area contributed by atoms with Gasteiger partial charge in [-0.2, -0.15) is 0 Å². The molecule has 5 nitrogen and oxygen atoms in total. The number of hydrogen-bond acceptors (Lipinski definition) is 5. The number of ketones is 1. The zero-order valence-electron chi connectivity index (χ0n) is 25.5. The van der Waals surface area contributed by atoms with E-state index in [0.717, 1.165) is 57.8 Å². The summed E-state index contributed by atoms with van der Waals surface area (Å²) in [6, 6.07) is 0. The lowest BCUT2D eigenvalue weighted by atomic mass is 9.31. The van der Waals surface area contributed by atoms with E-state index in [4.69, 9.17) is 9.47 Å². The van der Waals surface area contributed by atoms with Crippen molar-refractivity contribution in [3.63, 3.8) is 0 Å². The van der Waals surface area contributed by atoms with Crippen molar-refractivity contribution in [2.75, 3.05) is 7.11 Å². The van der Waals surface area contributed by atoms with E-state index >= 15 is 0 Å². The van der Waals surface area contributed by atoms with Crippen molar-refractivity contribution in [3.05, 3.63) is 0 Å². The summed E-state index contributed by atoms with van der Waals surface area (Å²) in [5, 5.41) is 0. The number of carbonyl (C=O) groups excluding carboxylic acids is 3. The molecule has 5 saturated carbocycles. The van der Waals surface area contributed by atoms with Crippen LogP contribution in [0.1, 0.15) is 120 Å². The number of rotatable bonds is 2. The summed E-state index contributed by atoms with van der Waals surface area (Å²) in [4.78, 5) is 39.9. The molecular formula is C33H52O5. The Balaban J connectivity index is 1.55. The van der Waals surface area contributed by atoms with Gasteiger partial charge in [-0.15, -0.1) is 0 Å². The minimum Gasteiger partial charge on any atom is -0.469 e. The van der Waals surface area contributed by atoms with Crippen LogP contribution in [0.2, 0.25) is 0 Å². The summed E-state index contributed by atoms with van der Waals surface area (Å²) < 4.78 is 11.3. The van der Waals surface area contributed by atoms with Gasteiger partial charge < -0.3 is 9.47 Å². The summed E-state index contributed by atoms with van der Waals surface area (Å²) in [6.45, 7) is 18.1. The van der Waals surface area contributed by atoms with Crippen LogP contribution < -0.4 is 0 Å². The summed E-state index contributed by atoms with van der Waals surface area (Å²) in [6.07, 6.45) is 9.13. The summed E-state index contributed by atoms with van der Waals surface area (Å²) in [5.74, 6) is 0.815. The first-order valence-electron chi connectivity index (χ1n) is 15.3. The van der Waals surface area contributed by atoms with Crippen LogP contribution in [0, 0.1) is 56.2 Å². The maximum Gasteiger partial charge on any atom is 0.312 e. The smallest absolute Gasteiger partial charge is 0.312 e. The number of esters is 2. The Morgan fingerprint density at radius 2 is 1.47 bits per heavy atom. The normalized spacial score (nSPS) is 49.0. The number of hydrogen-bond donors (Lipinski definition) is 0. The van der Waals surface area contributed by atoms with Crippen LogP contribution in [0.15, 0.2) is 0 Å². The fourth-order valence-corrected chi connectivity index (χ4v) is 11.7. The highest BCUT2D eigenvalue weighted by molar-refractivity contribution is 5.86. The van der Waals surface area contributed by atoms with E-state index in [1.54, 1.807) is 0 Å². The van der Waals surface area contributed by atoms with E-state index in [1.807, 2.05) is 0 Å². The highest BCUT2D eigenvalue weighted by Gasteiger charge is 2.73. The molecule has 0 aliphatic heterocycles. The molecule has 0 N–H and O–H groups in total. The average molecular weight is 529 g/mol. The number of fused-ring (bicyclic) bond motifs is 7. The maximum absolute atomic E-state index is 14.5. The Morgan fingerprint density at radius 1 is 0.816 bits per heavy atom. The molecule has 9 atom stereocenters. The highest BCUT2D eigenvalue weighted by atomic mass is 16.5. The largest absolute Gasteiger partial charge is 0.469 e. The van der Waals surface area contributed by atoms with Gasteiger partial charge in [0.1, 0.15) is 11.9 Å². The second kappa shape index (κ2) is 8.56. The highest BCUT2D eigenvalue weighted by Crippen LogP contribution is 2.76. The number of ether oxygens (including phenoxy) is 2. The first-order chi connectivity index (χ1) is 17.5. The predicted molar refractivity (Wildman–Crippen MR) is 147 cm³/mol. The first kappa shape index (κ1) is 28.1. The van der Waals surface area contributed by atoms with Gasteiger partial charge in [0, 0.05) is 24.7 Å². The van der Waals surface area contributed by atoms with Crippen LogP contribution in [0.25, 0.3) is 0 Å². The van der Waals surface area contributed by atoms with Crippen molar-refractivity contribution < 1.29 is 23.9 Å². The van der Waals surface area contributed by atoms with Crippen molar-refractivity contribution in [2.45, 2.75) is 126 Å². The van der Waals surface area contributed by atoms with Crippen LogP contribution in [0.4, 0.5) is 0 Å². The first-order valence-corrected chi connectivity index (χ1v) is 15.3. The van der Waals surface area contributed by atoms with Gasteiger partial charge in [-0.05, 0) is 97.2 Å². The number of Topliss-reactive ketones (excluding diaryl/α,β-unsaturated/α-hetero) is 1. The standard InChI is InChI=1S/C33H52O5/c1-20(34)38-25-11-12-30(6)23(29(25,4)5)10-13-31(7)24(30)18-22(35)26-21-19-28(2,3)14-16-33(21,27(36)37-9)17-15-32(26,31)8/h21,23-26H,10-19H2,1-9H3/t21-,23+,24-,25+,26+,30+,31-,32-,33+/m1/s1. The van der Waals surface area contributed by atoms with Crippen LogP contribution in [-0.4, -0.2) is 30.9 Å². The molecule has 214 valence electrons. The van der Waals surface area contributed by atoms with Gasteiger partial charge in [-0.3, -0.25) is 14.4 Å². The lowest BCUT2D eigenvalue weighted by Gasteiger charge is -2.72. The van der Waals surface area contributed by atoms with Gasteiger partial charge in [0.25, 0.3) is 0 Å². The van der Waals surface area contributed by atoms with Crippen molar-refractivity contribution in [1.82, 2.24) is 0 Å². The van der Waals surface area contributed by atoms with Gasteiger partial charge in [0.05, 0.1) is 12.5 Å². The molecule has 0 saturated heterocycles. The van der Waals surface area contributed by atoms with Gasteiger partial charge in [-0.25, -0.2) is 0 Å². The van der Waals surface area contributed by atoms with Gasteiger partial charge in [0.15, 0.2) is 0 Å². The summed E-state index contributed by atoms with van der Waals surface area (Å²) in [7, 11) is 1.53. The Labute approximate surface area is 230 Å². The lowest BCUT2D eigenvalue weighted by Crippen LogP contribution is -2.70. The Bertz CT molecular complexity index is 1030. The predicted octanol–water partition coefficient (Wildman–Crippen LogP) is 7.15. The van der Waals surface area contributed by atoms with Crippen molar-refractivity contribution in [2.24, 2.45) is 56.2 Å². The molecule has 5 aliphatic rings. The number of methoxy groups -OCH3 is 1. The van der Waals surface area contributed by atoms with Crippen LogP contribution in [0.5, 0.6) is 0 Å². The Morgan fingerprint density at radius 3 is 2.11 bits per heavy atom. The van der Waals surface area contributed by atoms with Crippen molar-refractivity contribution >= 4 is 17.7 Å². The maximum atomic E-state index is 14.5. The zero-order chi connectivity index (χ0) is 28.1. The van der Waals surface area contributed by atoms with Crippen molar-refractivity contribution in [1.29, 1.82) is 0 Å². The minimum atomic E-state index is -0.515. The lowest BCUT2D eigenvalue weighted by molar-refractivity contribution is -0.248. The van der Waals surface area contributed by atoms with E-state index in [2.05, 4.69) is 48.5 Å². The fraction of sp³-hybridized carbons (Fsp3) is 0.909. The molecule has 5 fully saturated rings.